The van der Waals surface area contributed by atoms with Crippen LogP contribution in [0.4, 0.5) is 5.00 Å². The van der Waals surface area contributed by atoms with Gasteiger partial charge in [0, 0.05) is 45.2 Å². The number of hydrogen-bond donors (Lipinski definition) is 2. The molecule has 158 valence electrons. The second kappa shape index (κ2) is 11.2. The molecule has 2 atom stereocenters. The second-order valence-electron chi connectivity index (χ2n) is 7.56. The molecule has 4 rings (SSSR count). The fraction of sp³-hybridized carbons (Fsp3) is 0.500. The molecule has 1 aromatic carbocycles. The van der Waals surface area contributed by atoms with Gasteiger partial charge in [-0.15, -0.1) is 35.3 Å². The molecule has 2 aromatic rings. The smallest absolute Gasteiger partial charge is 0.191 e. The van der Waals surface area contributed by atoms with E-state index in [0.717, 1.165) is 51.5 Å². The van der Waals surface area contributed by atoms with Crippen LogP contribution in [0.25, 0.3) is 0 Å². The fourth-order valence-corrected chi connectivity index (χ4v) is 4.95. The Kier molecular flexibility index (Phi) is 8.62. The number of rotatable bonds is 5. The van der Waals surface area contributed by atoms with Crippen LogP contribution in [0.15, 0.2) is 52.8 Å². The van der Waals surface area contributed by atoms with E-state index >= 15 is 0 Å². The minimum Gasteiger partial charge on any atom is -0.373 e. The number of aliphatic imine (C=N–C) groups is 1. The minimum absolute atomic E-state index is 0. The third-order valence-electron chi connectivity index (χ3n) is 5.75. The molecule has 7 heteroatoms. The molecule has 0 spiro atoms. The summed E-state index contributed by atoms with van der Waals surface area (Å²) in [7, 11) is 1.86. The normalized spacial score (nSPS) is 22.9. The summed E-state index contributed by atoms with van der Waals surface area (Å²) < 4.78 is 6.01. The van der Waals surface area contributed by atoms with Gasteiger partial charge in [0.25, 0.3) is 0 Å². The average molecular weight is 526 g/mol. The summed E-state index contributed by atoms with van der Waals surface area (Å²) >= 11 is 1.83. The Morgan fingerprint density at radius 3 is 2.62 bits per heavy atom. The molecular weight excluding hydrogens is 495 g/mol. The van der Waals surface area contributed by atoms with Crippen LogP contribution >= 0.6 is 35.3 Å². The van der Waals surface area contributed by atoms with Gasteiger partial charge in [0.1, 0.15) is 0 Å². The van der Waals surface area contributed by atoms with Crippen LogP contribution < -0.4 is 15.5 Å². The summed E-state index contributed by atoms with van der Waals surface area (Å²) in [5.41, 5.74) is 1.27. The lowest BCUT2D eigenvalue weighted by Gasteiger charge is -2.33. The van der Waals surface area contributed by atoms with Crippen LogP contribution in [0.1, 0.15) is 30.9 Å². The highest BCUT2D eigenvalue weighted by Crippen LogP contribution is 2.33. The van der Waals surface area contributed by atoms with Crippen molar-refractivity contribution in [3.05, 3.63) is 53.4 Å². The van der Waals surface area contributed by atoms with E-state index in [9.17, 15) is 0 Å². The number of hydrogen-bond acceptors (Lipinski definition) is 4. The van der Waals surface area contributed by atoms with Crippen molar-refractivity contribution < 1.29 is 4.74 Å². The van der Waals surface area contributed by atoms with E-state index in [2.05, 4.69) is 68.4 Å². The predicted octanol–water partition coefficient (Wildman–Crippen LogP) is 4.28. The molecular formula is C22H31IN4OS. The fourth-order valence-electron chi connectivity index (χ4n) is 4.16. The Morgan fingerprint density at radius 1 is 1.14 bits per heavy atom. The highest BCUT2D eigenvalue weighted by atomic mass is 127. The molecule has 2 aliphatic heterocycles. The van der Waals surface area contributed by atoms with Crippen LogP contribution in [-0.2, 0) is 4.74 Å². The van der Waals surface area contributed by atoms with Crippen molar-refractivity contribution in [2.75, 3.05) is 38.2 Å². The Bertz CT molecular complexity index is 747. The number of guanidine groups is 1. The number of nitrogens with one attached hydrogen (secondary N) is 2. The molecule has 0 aliphatic carbocycles. The Labute approximate surface area is 195 Å². The third kappa shape index (κ3) is 5.86. The van der Waals surface area contributed by atoms with Crippen molar-refractivity contribution in [1.29, 1.82) is 0 Å². The van der Waals surface area contributed by atoms with Gasteiger partial charge in [-0.2, -0.15) is 0 Å². The summed E-state index contributed by atoms with van der Waals surface area (Å²) in [6.45, 7) is 3.91. The first kappa shape index (κ1) is 22.4. The second-order valence-corrected chi connectivity index (χ2v) is 8.49. The maximum absolute atomic E-state index is 6.01. The molecule has 29 heavy (non-hydrogen) atoms. The number of piperidine rings is 1. The van der Waals surface area contributed by atoms with Crippen molar-refractivity contribution >= 4 is 46.3 Å². The van der Waals surface area contributed by atoms with Gasteiger partial charge in [-0.25, -0.2) is 0 Å². The summed E-state index contributed by atoms with van der Waals surface area (Å²) in [5, 5.41) is 10.7. The molecule has 5 nitrogen and oxygen atoms in total. The SMILES string of the molecule is CN=C(NCC1CCOC1c1ccccc1)NC1CCN(c2cccs2)CC1.I. The van der Waals surface area contributed by atoms with Crippen LogP contribution in [0, 0.1) is 5.92 Å². The van der Waals surface area contributed by atoms with E-state index in [1.54, 1.807) is 0 Å². The van der Waals surface area contributed by atoms with E-state index in [0.29, 0.717) is 12.0 Å². The van der Waals surface area contributed by atoms with Gasteiger partial charge in [0.05, 0.1) is 11.1 Å². The monoisotopic (exact) mass is 526 g/mol. The lowest BCUT2D eigenvalue weighted by molar-refractivity contribution is 0.0915. The molecule has 2 aliphatic rings. The number of halogens is 1. The van der Waals surface area contributed by atoms with Crippen molar-refractivity contribution in [2.45, 2.75) is 31.4 Å². The molecule has 2 unspecified atom stereocenters. The number of anilines is 1. The zero-order valence-corrected chi connectivity index (χ0v) is 20.1. The first-order valence-corrected chi connectivity index (χ1v) is 11.1. The minimum atomic E-state index is 0. The van der Waals surface area contributed by atoms with Crippen LogP contribution in [0.3, 0.4) is 0 Å². The molecule has 0 amide bonds. The number of thiophene rings is 1. The van der Waals surface area contributed by atoms with Crippen molar-refractivity contribution in [2.24, 2.45) is 10.9 Å². The Balaban J connectivity index is 0.00000240. The van der Waals surface area contributed by atoms with Crippen molar-refractivity contribution in [3.8, 4) is 0 Å². The summed E-state index contributed by atoms with van der Waals surface area (Å²) in [5.74, 6) is 1.38. The Morgan fingerprint density at radius 2 is 1.93 bits per heavy atom. The van der Waals surface area contributed by atoms with E-state index in [-0.39, 0.29) is 30.1 Å². The largest absolute Gasteiger partial charge is 0.373 e. The van der Waals surface area contributed by atoms with Crippen LogP contribution in [0.5, 0.6) is 0 Å². The standard InChI is InChI=1S/C22H30N4OS.HI/c1-23-22(25-19-9-12-26(13-10-19)20-8-5-15-28-20)24-16-18-11-14-27-21(18)17-6-3-2-4-7-17;/h2-8,15,18-19,21H,9-14,16H2,1H3,(H2,23,24,25);1H. The van der Waals surface area contributed by atoms with Crippen molar-refractivity contribution in [1.82, 2.24) is 10.6 Å². The topological polar surface area (TPSA) is 48.9 Å². The molecule has 3 heterocycles. The van der Waals surface area contributed by atoms with E-state index in [1.165, 1.54) is 10.6 Å². The molecule has 0 bridgehead atoms. The van der Waals surface area contributed by atoms with Gasteiger partial charge in [-0.1, -0.05) is 30.3 Å². The zero-order chi connectivity index (χ0) is 19.2. The molecule has 2 saturated heterocycles. The van der Waals surface area contributed by atoms with Gasteiger partial charge in [-0.05, 0) is 42.3 Å². The lowest BCUT2D eigenvalue weighted by Crippen LogP contribution is -2.49. The number of ether oxygens (including phenoxy) is 1. The average Bonchev–Trinajstić information content (AvgIpc) is 3.44. The van der Waals surface area contributed by atoms with Gasteiger partial charge < -0.3 is 20.3 Å². The van der Waals surface area contributed by atoms with Gasteiger partial charge in [0.15, 0.2) is 5.96 Å². The first-order valence-electron chi connectivity index (χ1n) is 10.3. The lowest BCUT2D eigenvalue weighted by atomic mass is 9.95. The first-order chi connectivity index (χ1) is 13.8. The van der Waals surface area contributed by atoms with Gasteiger partial charge >= 0.3 is 0 Å². The van der Waals surface area contributed by atoms with Gasteiger partial charge in [-0.3, -0.25) is 4.99 Å². The Hall–Kier alpha value is -1.32. The quantitative estimate of drug-likeness (QED) is 0.347. The summed E-state index contributed by atoms with van der Waals surface area (Å²) in [4.78, 5) is 6.94. The number of nitrogens with zero attached hydrogens (tertiary/aromatic N) is 2. The van der Waals surface area contributed by atoms with Crippen LogP contribution in [0.2, 0.25) is 0 Å². The molecule has 2 fully saturated rings. The van der Waals surface area contributed by atoms with E-state index in [1.807, 2.05) is 18.4 Å². The highest BCUT2D eigenvalue weighted by molar-refractivity contribution is 14.0. The molecule has 0 saturated carbocycles. The van der Waals surface area contributed by atoms with E-state index in [4.69, 9.17) is 4.74 Å². The van der Waals surface area contributed by atoms with Crippen LogP contribution in [-0.4, -0.2) is 45.3 Å². The molecule has 2 N–H and O–H groups in total. The summed E-state index contributed by atoms with van der Waals surface area (Å²) in [6, 6.07) is 15.4. The zero-order valence-electron chi connectivity index (χ0n) is 16.9. The predicted molar refractivity (Wildman–Crippen MR) is 133 cm³/mol. The van der Waals surface area contributed by atoms with Gasteiger partial charge in [0.2, 0.25) is 0 Å². The maximum atomic E-state index is 6.01. The third-order valence-corrected chi connectivity index (χ3v) is 6.68. The number of benzene rings is 1. The van der Waals surface area contributed by atoms with Crippen molar-refractivity contribution in [3.63, 3.8) is 0 Å². The maximum Gasteiger partial charge on any atom is 0.191 e. The summed E-state index contributed by atoms with van der Waals surface area (Å²) in [6.07, 6.45) is 3.54. The molecule has 1 aromatic heterocycles. The highest BCUT2D eigenvalue weighted by Gasteiger charge is 2.29. The molecule has 0 radical (unpaired) electrons. The van der Waals surface area contributed by atoms with E-state index < -0.39 is 0 Å².